The Morgan fingerprint density at radius 1 is 0.882 bits per heavy atom. The smallest absolute Gasteiger partial charge is 0.185 e. The number of ether oxygens (including phenoxy) is 1. The highest BCUT2D eigenvalue weighted by Gasteiger charge is 2.27. The van der Waals surface area contributed by atoms with Crippen molar-refractivity contribution in [1.29, 1.82) is 0 Å². The Bertz CT molecular complexity index is 421. The number of hydrogen-bond donors (Lipinski definition) is 0. The summed E-state index contributed by atoms with van der Waals surface area (Å²) in [6.07, 6.45) is 0. The van der Waals surface area contributed by atoms with E-state index >= 15 is 0 Å². The first-order valence-corrected chi connectivity index (χ1v) is 5.63. The molecule has 1 saturated heterocycles. The zero-order valence-corrected chi connectivity index (χ0v) is 10.1. The minimum atomic E-state index is -1.42. The Kier molecular flexibility index (Phi) is 3.70. The Balaban J connectivity index is 2.52. The van der Waals surface area contributed by atoms with Crippen LogP contribution in [0.1, 0.15) is 0 Å². The van der Waals surface area contributed by atoms with Crippen LogP contribution in [0, 0.1) is 17.5 Å². The average Bonchev–Trinajstić information content (AvgIpc) is 2.36. The highest BCUT2D eigenvalue weighted by atomic mass is 35.5. The van der Waals surface area contributed by atoms with Gasteiger partial charge in [0, 0.05) is 13.1 Å². The highest BCUT2D eigenvalue weighted by Crippen LogP contribution is 2.38. The van der Waals surface area contributed by atoms with Crippen molar-refractivity contribution in [2.45, 2.75) is 0 Å². The minimum absolute atomic E-state index is 0.297. The third-order valence-corrected chi connectivity index (χ3v) is 3.19. The van der Waals surface area contributed by atoms with E-state index in [9.17, 15) is 13.2 Å². The molecule has 0 unspecified atom stereocenters. The topological polar surface area (TPSA) is 12.5 Å². The zero-order valence-electron chi connectivity index (χ0n) is 8.57. The van der Waals surface area contributed by atoms with Crippen molar-refractivity contribution in [2.24, 2.45) is 0 Å². The predicted molar refractivity (Wildman–Crippen MR) is 59.4 cm³/mol. The lowest BCUT2D eigenvalue weighted by Crippen LogP contribution is -2.37. The van der Waals surface area contributed by atoms with Crippen molar-refractivity contribution in [3.63, 3.8) is 0 Å². The van der Waals surface area contributed by atoms with E-state index in [0.717, 1.165) is 0 Å². The fourth-order valence-corrected chi connectivity index (χ4v) is 2.18. The number of nitrogens with zero attached hydrogens (tertiary/aromatic N) is 1. The fourth-order valence-electron chi connectivity index (χ4n) is 1.66. The summed E-state index contributed by atoms with van der Waals surface area (Å²) in [5, 5.41) is -1.43. The second kappa shape index (κ2) is 4.92. The number of halogens is 5. The number of hydrogen-bond acceptors (Lipinski definition) is 2. The van der Waals surface area contributed by atoms with E-state index < -0.39 is 27.5 Å². The van der Waals surface area contributed by atoms with Crippen LogP contribution < -0.4 is 4.90 Å². The SMILES string of the molecule is Fc1c(F)c(N2CCOCC2)c(Cl)c(F)c1Cl. The van der Waals surface area contributed by atoms with E-state index in [1.54, 1.807) is 0 Å². The van der Waals surface area contributed by atoms with Crippen LogP contribution in [0.25, 0.3) is 0 Å². The van der Waals surface area contributed by atoms with Crippen LogP contribution in [0.5, 0.6) is 0 Å². The lowest BCUT2D eigenvalue weighted by Gasteiger charge is -2.30. The highest BCUT2D eigenvalue weighted by molar-refractivity contribution is 6.36. The molecule has 0 aliphatic carbocycles. The van der Waals surface area contributed by atoms with Gasteiger partial charge in [-0.25, -0.2) is 13.2 Å². The Hall–Kier alpha value is -0.650. The molecule has 0 N–H and O–H groups in total. The lowest BCUT2D eigenvalue weighted by atomic mass is 10.2. The minimum Gasteiger partial charge on any atom is -0.378 e. The average molecular weight is 286 g/mol. The first kappa shape index (κ1) is 12.8. The number of benzene rings is 1. The molecule has 0 radical (unpaired) electrons. The molecule has 1 aliphatic rings. The lowest BCUT2D eigenvalue weighted by molar-refractivity contribution is 0.122. The quantitative estimate of drug-likeness (QED) is 0.580. The molecule has 1 aromatic rings. The maximum atomic E-state index is 13.7. The maximum Gasteiger partial charge on any atom is 0.185 e. The van der Waals surface area contributed by atoms with Crippen LogP contribution in [0.3, 0.4) is 0 Å². The first-order chi connectivity index (χ1) is 8.04. The summed E-state index contributed by atoms with van der Waals surface area (Å²) in [4.78, 5) is 1.43. The van der Waals surface area contributed by atoms with Crippen molar-refractivity contribution in [2.75, 3.05) is 31.2 Å². The van der Waals surface area contributed by atoms with Crippen LogP contribution in [0.15, 0.2) is 0 Å². The molecule has 1 aliphatic heterocycles. The molecule has 2 nitrogen and oxygen atoms in total. The third-order valence-electron chi connectivity index (χ3n) is 2.51. The van der Waals surface area contributed by atoms with Crippen LogP contribution in [0.2, 0.25) is 10.0 Å². The van der Waals surface area contributed by atoms with Gasteiger partial charge in [-0.2, -0.15) is 0 Å². The van der Waals surface area contributed by atoms with Crippen molar-refractivity contribution < 1.29 is 17.9 Å². The predicted octanol–water partition coefficient (Wildman–Crippen LogP) is 3.25. The fraction of sp³-hybridized carbons (Fsp3) is 0.400. The summed E-state index contributed by atoms with van der Waals surface area (Å²) in [7, 11) is 0. The van der Waals surface area contributed by atoms with Gasteiger partial charge in [0.25, 0.3) is 0 Å². The summed E-state index contributed by atoms with van der Waals surface area (Å²) in [5.74, 6) is -3.80. The van der Waals surface area contributed by atoms with Crippen LogP contribution >= 0.6 is 23.2 Å². The van der Waals surface area contributed by atoms with Crippen molar-refractivity contribution in [1.82, 2.24) is 0 Å². The molecule has 0 aromatic heterocycles. The molecule has 1 heterocycles. The molecular formula is C10H8Cl2F3NO. The van der Waals surface area contributed by atoms with Crippen molar-refractivity contribution in [3.05, 3.63) is 27.5 Å². The van der Waals surface area contributed by atoms with Crippen LogP contribution in [-0.2, 0) is 4.74 Å². The summed E-state index contributed by atoms with van der Waals surface area (Å²) >= 11 is 10.9. The van der Waals surface area contributed by atoms with Gasteiger partial charge in [0.15, 0.2) is 17.5 Å². The second-order valence-electron chi connectivity index (χ2n) is 3.52. The molecule has 94 valence electrons. The zero-order chi connectivity index (χ0) is 12.6. The molecule has 17 heavy (non-hydrogen) atoms. The van der Waals surface area contributed by atoms with Gasteiger partial charge in [-0.05, 0) is 0 Å². The monoisotopic (exact) mass is 285 g/mol. The molecule has 0 spiro atoms. The first-order valence-electron chi connectivity index (χ1n) is 4.88. The van der Waals surface area contributed by atoms with Crippen LogP contribution in [-0.4, -0.2) is 26.3 Å². The van der Waals surface area contributed by atoms with Gasteiger partial charge in [-0.3, -0.25) is 0 Å². The molecule has 1 fully saturated rings. The van der Waals surface area contributed by atoms with E-state index in [0.29, 0.717) is 26.3 Å². The maximum absolute atomic E-state index is 13.7. The van der Waals surface area contributed by atoms with Gasteiger partial charge in [-0.1, -0.05) is 23.2 Å². The summed E-state index contributed by atoms with van der Waals surface area (Å²) in [5.41, 5.74) is -0.297. The summed E-state index contributed by atoms with van der Waals surface area (Å²) in [6, 6.07) is 0. The Morgan fingerprint density at radius 2 is 1.47 bits per heavy atom. The van der Waals surface area contributed by atoms with Crippen molar-refractivity contribution >= 4 is 28.9 Å². The van der Waals surface area contributed by atoms with Gasteiger partial charge in [0.05, 0.1) is 18.9 Å². The number of morpholine rings is 1. The molecule has 7 heteroatoms. The van der Waals surface area contributed by atoms with E-state index in [1.807, 2.05) is 0 Å². The molecule has 0 saturated carbocycles. The summed E-state index contributed by atoms with van der Waals surface area (Å²) in [6.45, 7) is 1.33. The standard InChI is InChI=1S/C10H8Cl2F3NO/c11-5-7(13)6(12)10(9(15)8(5)14)16-1-3-17-4-2-16/h1-4H2. The Labute approximate surface area is 106 Å². The van der Waals surface area contributed by atoms with Gasteiger partial charge in [0.1, 0.15) is 10.0 Å². The van der Waals surface area contributed by atoms with Gasteiger partial charge < -0.3 is 9.64 Å². The van der Waals surface area contributed by atoms with Gasteiger partial charge >= 0.3 is 0 Å². The van der Waals surface area contributed by atoms with E-state index in [4.69, 9.17) is 27.9 Å². The molecule has 0 amide bonds. The molecule has 0 bridgehead atoms. The largest absolute Gasteiger partial charge is 0.378 e. The molecule has 1 aromatic carbocycles. The van der Waals surface area contributed by atoms with Crippen LogP contribution in [0.4, 0.5) is 18.9 Å². The normalized spacial score (nSPS) is 16.4. The molecular weight excluding hydrogens is 278 g/mol. The number of rotatable bonds is 1. The second-order valence-corrected chi connectivity index (χ2v) is 4.27. The van der Waals surface area contributed by atoms with Crippen molar-refractivity contribution in [3.8, 4) is 0 Å². The van der Waals surface area contributed by atoms with Gasteiger partial charge in [-0.15, -0.1) is 0 Å². The molecule has 0 atom stereocenters. The molecule has 2 rings (SSSR count). The van der Waals surface area contributed by atoms with E-state index in [1.165, 1.54) is 4.90 Å². The van der Waals surface area contributed by atoms with E-state index in [2.05, 4.69) is 0 Å². The summed E-state index contributed by atoms with van der Waals surface area (Å²) < 4.78 is 45.5. The number of anilines is 1. The Morgan fingerprint density at radius 3 is 2.06 bits per heavy atom. The van der Waals surface area contributed by atoms with Gasteiger partial charge in [0.2, 0.25) is 0 Å². The third kappa shape index (κ3) is 2.19. The van der Waals surface area contributed by atoms with E-state index in [-0.39, 0.29) is 5.69 Å².